The molecule has 1 aliphatic carbocycles. The number of carbonyl (C=O) groups is 1. The van der Waals surface area contributed by atoms with Gasteiger partial charge in [-0.3, -0.25) is 9.78 Å². The van der Waals surface area contributed by atoms with Crippen molar-refractivity contribution in [1.82, 2.24) is 14.9 Å². The SMILES string of the molecule is COCC(=O)Nc1ccc(N2C(=S)N[C@@H](c3ccccn3)[C@@H]2c2cccn2C2CCCC2)cc1. The van der Waals surface area contributed by atoms with Gasteiger partial charge in [-0.1, -0.05) is 18.9 Å². The summed E-state index contributed by atoms with van der Waals surface area (Å²) in [6.45, 7) is 0.0217. The van der Waals surface area contributed by atoms with Crippen LogP contribution in [0.25, 0.3) is 0 Å². The molecule has 3 aromatic rings. The third kappa shape index (κ3) is 4.43. The van der Waals surface area contributed by atoms with Crippen molar-refractivity contribution in [2.24, 2.45) is 0 Å². The van der Waals surface area contributed by atoms with Gasteiger partial charge in [0.1, 0.15) is 12.6 Å². The van der Waals surface area contributed by atoms with Crippen molar-refractivity contribution in [1.29, 1.82) is 0 Å². The fraction of sp³-hybridized carbons (Fsp3) is 0.346. The van der Waals surface area contributed by atoms with E-state index in [0.29, 0.717) is 11.2 Å². The highest BCUT2D eigenvalue weighted by Crippen LogP contribution is 2.43. The average molecular weight is 476 g/mol. The van der Waals surface area contributed by atoms with Crippen molar-refractivity contribution in [3.63, 3.8) is 0 Å². The Bertz CT molecular complexity index is 1140. The normalized spacial score (nSPS) is 20.5. The highest BCUT2D eigenvalue weighted by molar-refractivity contribution is 7.80. The van der Waals surface area contributed by atoms with Crippen molar-refractivity contribution in [3.8, 4) is 0 Å². The van der Waals surface area contributed by atoms with Crippen molar-refractivity contribution >= 4 is 34.6 Å². The molecule has 2 aromatic heterocycles. The second-order valence-electron chi connectivity index (χ2n) is 8.80. The zero-order chi connectivity index (χ0) is 23.5. The van der Waals surface area contributed by atoms with Crippen LogP contribution in [-0.4, -0.2) is 34.3 Å². The minimum Gasteiger partial charge on any atom is -0.375 e. The number of carbonyl (C=O) groups excluding carboxylic acids is 1. The Morgan fingerprint density at radius 3 is 2.65 bits per heavy atom. The Hall–Kier alpha value is -3.23. The van der Waals surface area contributed by atoms with Gasteiger partial charge in [0.25, 0.3) is 0 Å². The summed E-state index contributed by atoms with van der Waals surface area (Å²) < 4.78 is 7.34. The van der Waals surface area contributed by atoms with Crippen LogP contribution in [0.2, 0.25) is 0 Å². The standard InChI is InChI=1S/C26H29N5O2S/c1-33-17-23(32)28-18-11-13-20(14-12-18)31-25(22-10-6-16-30(22)19-7-2-3-8-19)24(29-26(31)34)21-9-4-5-15-27-21/h4-6,9-16,19,24-25H,2-3,7-8,17H2,1H3,(H,28,32)(H,29,34)/t24-,25-/m0/s1. The van der Waals surface area contributed by atoms with E-state index in [1.807, 2.05) is 48.7 Å². The van der Waals surface area contributed by atoms with Crippen LogP contribution in [-0.2, 0) is 9.53 Å². The van der Waals surface area contributed by atoms with E-state index < -0.39 is 0 Å². The molecule has 1 aromatic carbocycles. The van der Waals surface area contributed by atoms with Gasteiger partial charge in [-0.2, -0.15) is 0 Å². The molecule has 1 amide bonds. The summed E-state index contributed by atoms with van der Waals surface area (Å²) in [7, 11) is 1.50. The highest BCUT2D eigenvalue weighted by Gasteiger charge is 2.42. The van der Waals surface area contributed by atoms with E-state index in [0.717, 1.165) is 17.1 Å². The zero-order valence-corrected chi connectivity index (χ0v) is 20.0. The molecule has 2 aliphatic rings. The number of methoxy groups -OCH3 is 1. The van der Waals surface area contributed by atoms with Gasteiger partial charge in [0, 0.05) is 42.6 Å². The first-order valence-corrected chi connectivity index (χ1v) is 12.1. The Morgan fingerprint density at radius 2 is 1.94 bits per heavy atom. The number of nitrogens with one attached hydrogen (secondary N) is 2. The number of thiocarbonyl (C=S) groups is 1. The maximum absolute atomic E-state index is 11.9. The van der Waals surface area contributed by atoms with E-state index >= 15 is 0 Å². The van der Waals surface area contributed by atoms with Gasteiger partial charge in [0.05, 0.1) is 11.7 Å². The predicted octanol–water partition coefficient (Wildman–Crippen LogP) is 4.76. The third-order valence-corrected chi connectivity index (χ3v) is 6.95. The second-order valence-corrected chi connectivity index (χ2v) is 9.19. The minimum absolute atomic E-state index is 0.0217. The van der Waals surface area contributed by atoms with Gasteiger partial charge in [-0.25, -0.2) is 0 Å². The summed E-state index contributed by atoms with van der Waals surface area (Å²) >= 11 is 5.86. The smallest absolute Gasteiger partial charge is 0.250 e. The average Bonchev–Trinajstić information content (AvgIpc) is 3.60. The van der Waals surface area contributed by atoms with Crippen LogP contribution in [0.1, 0.15) is 55.2 Å². The number of amides is 1. The van der Waals surface area contributed by atoms with Gasteiger partial charge in [-0.05, 0) is 73.6 Å². The number of anilines is 2. The van der Waals surface area contributed by atoms with Crippen molar-refractivity contribution in [2.75, 3.05) is 23.9 Å². The molecule has 3 heterocycles. The number of hydrogen-bond donors (Lipinski definition) is 2. The van der Waals surface area contributed by atoms with Gasteiger partial charge in [0.2, 0.25) is 5.91 Å². The lowest BCUT2D eigenvalue weighted by molar-refractivity contribution is -0.119. The van der Waals surface area contributed by atoms with Gasteiger partial charge in [0.15, 0.2) is 5.11 Å². The maximum Gasteiger partial charge on any atom is 0.250 e. The topological polar surface area (TPSA) is 71.4 Å². The fourth-order valence-corrected chi connectivity index (χ4v) is 5.49. The number of benzene rings is 1. The summed E-state index contributed by atoms with van der Waals surface area (Å²) in [5, 5.41) is 7.04. The van der Waals surface area contributed by atoms with E-state index in [2.05, 4.69) is 43.4 Å². The number of pyridine rings is 1. The molecule has 34 heavy (non-hydrogen) atoms. The van der Waals surface area contributed by atoms with Crippen LogP contribution < -0.4 is 15.5 Å². The van der Waals surface area contributed by atoms with Crippen LogP contribution in [0.4, 0.5) is 11.4 Å². The van der Waals surface area contributed by atoms with Crippen molar-refractivity contribution in [3.05, 3.63) is 78.4 Å². The lowest BCUT2D eigenvalue weighted by Crippen LogP contribution is -2.30. The Morgan fingerprint density at radius 1 is 1.15 bits per heavy atom. The minimum atomic E-state index is -0.184. The molecule has 0 radical (unpaired) electrons. The Balaban J connectivity index is 1.51. The second kappa shape index (κ2) is 9.95. The fourth-order valence-electron chi connectivity index (χ4n) is 5.14. The first-order valence-electron chi connectivity index (χ1n) is 11.7. The number of aromatic nitrogens is 2. The maximum atomic E-state index is 11.9. The molecule has 176 valence electrons. The summed E-state index contributed by atoms with van der Waals surface area (Å²) in [5.74, 6) is -0.184. The largest absolute Gasteiger partial charge is 0.375 e. The van der Waals surface area contributed by atoms with Crippen LogP contribution in [0.3, 0.4) is 0 Å². The van der Waals surface area contributed by atoms with Gasteiger partial charge < -0.3 is 24.8 Å². The van der Waals surface area contributed by atoms with Crippen LogP contribution in [0.5, 0.6) is 0 Å². The molecule has 7 nitrogen and oxygen atoms in total. The first-order chi connectivity index (χ1) is 16.7. The third-order valence-electron chi connectivity index (χ3n) is 6.64. The molecular formula is C26H29N5O2S. The van der Waals surface area contributed by atoms with E-state index in [9.17, 15) is 4.79 Å². The summed E-state index contributed by atoms with van der Waals surface area (Å²) in [6, 6.07) is 18.5. The zero-order valence-electron chi connectivity index (χ0n) is 19.2. The predicted molar refractivity (Wildman–Crippen MR) is 137 cm³/mol. The monoisotopic (exact) mass is 475 g/mol. The van der Waals surface area contributed by atoms with Crippen molar-refractivity contribution < 1.29 is 9.53 Å². The van der Waals surface area contributed by atoms with Crippen LogP contribution >= 0.6 is 12.2 Å². The lowest BCUT2D eigenvalue weighted by Gasteiger charge is -2.30. The molecule has 2 fully saturated rings. The highest BCUT2D eigenvalue weighted by atomic mass is 32.1. The van der Waals surface area contributed by atoms with Gasteiger partial charge in [-0.15, -0.1) is 0 Å². The number of hydrogen-bond acceptors (Lipinski definition) is 4. The molecular weight excluding hydrogens is 446 g/mol. The van der Waals surface area contributed by atoms with E-state index in [1.165, 1.54) is 38.5 Å². The molecule has 1 saturated heterocycles. The van der Waals surface area contributed by atoms with E-state index in [-0.39, 0.29) is 24.6 Å². The van der Waals surface area contributed by atoms with E-state index in [4.69, 9.17) is 17.0 Å². The van der Waals surface area contributed by atoms with Gasteiger partial charge >= 0.3 is 0 Å². The van der Waals surface area contributed by atoms with Crippen LogP contribution in [0, 0.1) is 0 Å². The van der Waals surface area contributed by atoms with E-state index in [1.54, 1.807) is 0 Å². The molecule has 0 bridgehead atoms. The molecule has 0 spiro atoms. The number of rotatable bonds is 7. The molecule has 2 atom stereocenters. The molecule has 5 rings (SSSR count). The summed E-state index contributed by atoms with van der Waals surface area (Å²) in [4.78, 5) is 18.7. The molecule has 1 saturated carbocycles. The van der Waals surface area contributed by atoms with Crippen LogP contribution in [0.15, 0.2) is 67.0 Å². The first kappa shape index (κ1) is 22.6. The Kier molecular flexibility index (Phi) is 6.60. The Labute approximate surface area is 205 Å². The summed E-state index contributed by atoms with van der Waals surface area (Å²) in [6.07, 6.45) is 8.98. The quantitative estimate of drug-likeness (QED) is 0.480. The number of ether oxygens (including phenoxy) is 1. The molecule has 1 aliphatic heterocycles. The number of nitrogens with zero attached hydrogens (tertiary/aromatic N) is 3. The molecule has 8 heteroatoms. The summed E-state index contributed by atoms with van der Waals surface area (Å²) in [5.41, 5.74) is 3.87. The molecule has 2 N–H and O–H groups in total. The van der Waals surface area contributed by atoms with Crippen molar-refractivity contribution in [2.45, 2.75) is 43.8 Å². The lowest BCUT2D eigenvalue weighted by atomic mass is 10.00. The molecule has 0 unspecified atom stereocenters.